The highest BCUT2D eigenvalue weighted by atomic mass is 35.5. The van der Waals surface area contributed by atoms with Crippen LogP contribution in [0.15, 0.2) is 66.4 Å². The van der Waals surface area contributed by atoms with Gasteiger partial charge in [-0.2, -0.15) is 5.10 Å². The molecule has 1 fully saturated rings. The number of amides is 1. The van der Waals surface area contributed by atoms with Crippen molar-refractivity contribution in [3.8, 4) is 5.69 Å². The van der Waals surface area contributed by atoms with Crippen LogP contribution in [0.2, 0.25) is 5.02 Å². The van der Waals surface area contributed by atoms with Crippen LogP contribution in [-0.2, 0) is 9.59 Å². The van der Waals surface area contributed by atoms with Crippen molar-refractivity contribution in [1.29, 1.82) is 0 Å². The van der Waals surface area contributed by atoms with Crippen molar-refractivity contribution >= 4 is 29.1 Å². The van der Waals surface area contributed by atoms with Gasteiger partial charge in [0, 0.05) is 11.6 Å². The Bertz CT molecular complexity index is 1250. The third-order valence-corrected chi connectivity index (χ3v) is 6.21. The van der Waals surface area contributed by atoms with E-state index in [-0.39, 0.29) is 11.3 Å². The van der Waals surface area contributed by atoms with E-state index >= 15 is 0 Å². The molecule has 7 nitrogen and oxygen atoms in total. The molecule has 1 aliphatic heterocycles. The van der Waals surface area contributed by atoms with Gasteiger partial charge >= 0.3 is 0 Å². The van der Waals surface area contributed by atoms with Crippen molar-refractivity contribution in [3.63, 3.8) is 0 Å². The molecule has 0 radical (unpaired) electrons. The average Bonchev–Trinajstić information content (AvgIpc) is 3.32. The molecule has 1 amide bonds. The number of aliphatic hydroxyl groups excluding tert-OH is 1. The molecule has 34 heavy (non-hydrogen) atoms. The molecular weight excluding hydrogens is 452 g/mol. The van der Waals surface area contributed by atoms with E-state index < -0.39 is 17.7 Å². The van der Waals surface area contributed by atoms with Crippen molar-refractivity contribution in [2.24, 2.45) is 0 Å². The molecule has 8 heteroatoms. The van der Waals surface area contributed by atoms with Gasteiger partial charge in [0.2, 0.25) is 0 Å². The van der Waals surface area contributed by atoms with Crippen LogP contribution in [0.5, 0.6) is 0 Å². The summed E-state index contributed by atoms with van der Waals surface area (Å²) < 4.78 is 1.69. The van der Waals surface area contributed by atoms with E-state index in [2.05, 4.69) is 5.10 Å². The van der Waals surface area contributed by atoms with Gasteiger partial charge < -0.3 is 14.9 Å². The molecule has 0 spiro atoms. The van der Waals surface area contributed by atoms with Crippen molar-refractivity contribution in [2.75, 3.05) is 27.2 Å². The van der Waals surface area contributed by atoms with E-state index in [1.54, 1.807) is 22.9 Å². The lowest BCUT2D eigenvalue weighted by molar-refractivity contribution is -0.139. The fourth-order valence-electron chi connectivity index (χ4n) is 4.31. The molecule has 1 aliphatic rings. The van der Waals surface area contributed by atoms with Crippen LogP contribution in [0.25, 0.3) is 11.4 Å². The monoisotopic (exact) mass is 478 g/mol. The zero-order valence-electron chi connectivity index (χ0n) is 19.4. The largest absolute Gasteiger partial charge is 0.507 e. The first-order valence-corrected chi connectivity index (χ1v) is 11.5. The van der Waals surface area contributed by atoms with E-state index in [9.17, 15) is 14.7 Å². The smallest absolute Gasteiger partial charge is 0.295 e. The number of likely N-dealkylation sites (tertiary alicyclic amines) is 1. The van der Waals surface area contributed by atoms with Crippen LogP contribution in [0.4, 0.5) is 0 Å². The number of rotatable bonds is 7. The topological polar surface area (TPSA) is 78.7 Å². The maximum atomic E-state index is 13.2. The van der Waals surface area contributed by atoms with Crippen molar-refractivity contribution in [3.05, 3.63) is 88.2 Å². The van der Waals surface area contributed by atoms with Gasteiger partial charge in [-0.25, -0.2) is 4.68 Å². The Labute approximate surface area is 203 Å². The predicted molar refractivity (Wildman–Crippen MR) is 132 cm³/mol. The second kappa shape index (κ2) is 9.83. The predicted octanol–water partition coefficient (Wildman–Crippen LogP) is 4.21. The number of carbonyl (C=O) groups excluding carboxylic acids is 2. The molecule has 1 aromatic heterocycles. The third-order valence-electron chi connectivity index (χ3n) is 5.97. The number of halogens is 1. The van der Waals surface area contributed by atoms with E-state index in [0.29, 0.717) is 34.8 Å². The number of hydrogen-bond acceptors (Lipinski definition) is 5. The lowest BCUT2D eigenvalue weighted by Gasteiger charge is -2.26. The van der Waals surface area contributed by atoms with Crippen LogP contribution in [0.3, 0.4) is 0 Å². The molecule has 0 aliphatic carbocycles. The van der Waals surface area contributed by atoms with E-state index in [1.165, 1.54) is 11.1 Å². The normalized spacial score (nSPS) is 17.7. The Hall–Kier alpha value is -3.42. The number of aliphatic hydroxyl groups is 1. The first kappa shape index (κ1) is 23.7. The summed E-state index contributed by atoms with van der Waals surface area (Å²) in [4.78, 5) is 29.8. The standard InChI is InChI=1S/C26H27ClN4O3/c1-17-21(16-28-31(17)20-11-5-4-6-12-20)24(32)22-23(18-9-7-10-19(27)15-18)30(26(34)25(22)33)14-8-13-29(2)3/h4-7,9-12,15-16,23,32H,8,13-14H2,1-3H3/b24-22+/t23-/m0/s1. The zero-order valence-corrected chi connectivity index (χ0v) is 20.2. The highest BCUT2D eigenvalue weighted by Gasteiger charge is 2.46. The van der Waals surface area contributed by atoms with Crippen LogP contribution in [0, 0.1) is 6.92 Å². The highest BCUT2D eigenvalue weighted by Crippen LogP contribution is 2.40. The fraction of sp³-hybridized carbons (Fsp3) is 0.269. The molecule has 0 bridgehead atoms. The SMILES string of the molecule is Cc1c(/C(O)=C2\C(=O)C(=O)N(CCCN(C)C)[C@H]2c2cccc(Cl)c2)cnn1-c1ccccc1. The minimum absolute atomic E-state index is 0.0489. The van der Waals surface area contributed by atoms with Gasteiger partial charge in [-0.05, 0) is 63.8 Å². The van der Waals surface area contributed by atoms with E-state index in [0.717, 1.165) is 12.2 Å². The van der Waals surface area contributed by atoms with Gasteiger partial charge in [-0.3, -0.25) is 9.59 Å². The molecule has 3 aromatic rings. The first-order chi connectivity index (χ1) is 16.3. The maximum Gasteiger partial charge on any atom is 0.295 e. The summed E-state index contributed by atoms with van der Waals surface area (Å²) in [6, 6.07) is 15.8. The van der Waals surface area contributed by atoms with Crippen molar-refractivity contribution in [1.82, 2.24) is 19.6 Å². The summed E-state index contributed by atoms with van der Waals surface area (Å²) in [6.45, 7) is 2.95. The molecule has 176 valence electrons. The number of aromatic nitrogens is 2. The number of carbonyl (C=O) groups is 2. The van der Waals surface area contributed by atoms with Crippen molar-refractivity contribution in [2.45, 2.75) is 19.4 Å². The minimum atomic E-state index is -0.736. The fourth-order valence-corrected chi connectivity index (χ4v) is 4.51. The van der Waals surface area contributed by atoms with Gasteiger partial charge in [0.15, 0.2) is 0 Å². The van der Waals surface area contributed by atoms with Crippen LogP contribution in [-0.4, -0.2) is 63.6 Å². The molecule has 1 saturated heterocycles. The average molecular weight is 479 g/mol. The Morgan fingerprint density at radius 3 is 2.53 bits per heavy atom. The zero-order chi connectivity index (χ0) is 24.4. The molecule has 2 heterocycles. The molecule has 1 N–H and O–H groups in total. The molecule has 1 atom stereocenters. The summed E-state index contributed by atoms with van der Waals surface area (Å²) in [5, 5.41) is 16.3. The molecular formula is C26H27ClN4O3. The Morgan fingerprint density at radius 1 is 1.12 bits per heavy atom. The van der Waals surface area contributed by atoms with Crippen molar-refractivity contribution < 1.29 is 14.7 Å². The summed E-state index contributed by atoms with van der Waals surface area (Å²) >= 11 is 6.24. The molecule has 0 saturated carbocycles. The lowest BCUT2D eigenvalue weighted by Crippen LogP contribution is -2.32. The summed E-state index contributed by atoms with van der Waals surface area (Å²) in [5.74, 6) is -1.57. The second-order valence-electron chi connectivity index (χ2n) is 8.60. The van der Waals surface area contributed by atoms with Gasteiger partial charge in [0.05, 0.1) is 34.8 Å². The quantitative estimate of drug-likeness (QED) is 0.312. The first-order valence-electron chi connectivity index (χ1n) is 11.1. The Morgan fingerprint density at radius 2 is 1.85 bits per heavy atom. The number of hydrogen-bond donors (Lipinski definition) is 1. The number of Topliss-reactive ketones (excluding diaryl/α,β-unsaturated/α-hetero) is 1. The number of nitrogens with zero attached hydrogens (tertiary/aromatic N) is 4. The maximum absolute atomic E-state index is 13.2. The van der Waals surface area contributed by atoms with Crippen LogP contribution >= 0.6 is 11.6 Å². The molecule has 4 rings (SSSR count). The third kappa shape index (κ3) is 4.49. The number of para-hydroxylation sites is 1. The highest BCUT2D eigenvalue weighted by molar-refractivity contribution is 6.46. The molecule has 0 unspecified atom stereocenters. The Kier molecular flexibility index (Phi) is 6.86. The van der Waals surface area contributed by atoms with E-state index in [4.69, 9.17) is 11.6 Å². The summed E-state index contributed by atoms with van der Waals surface area (Å²) in [5.41, 5.74) is 2.61. The van der Waals surface area contributed by atoms with Gasteiger partial charge in [-0.1, -0.05) is 41.9 Å². The van der Waals surface area contributed by atoms with E-state index in [1.807, 2.05) is 62.3 Å². The van der Waals surface area contributed by atoms with Gasteiger partial charge in [0.25, 0.3) is 11.7 Å². The number of ketones is 1. The summed E-state index contributed by atoms with van der Waals surface area (Å²) in [7, 11) is 3.91. The Balaban J connectivity index is 1.81. The van der Waals surface area contributed by atoms with Gasteiger partial charge in [-0.15, -0.1) is 0 Å². The molecule has 2 aromatic carbocycles. The second-order valence-corrected chi connectivity index (χ2v) is 9.03. The van der Waals surface area contributed by atoms with Crippen LogP contribution < -0.4 is 0 Å². The van der Waals surface area contributed by atoms with Crippen LogP contribution in [0.1, 0.15) is 29.3 Å². The summed E-state index contributed by atoms with van der Waals surface area (Å²) in [6.07, 6.45) is 2.20. The van der Waals surface area contributed by atoms with Gasteiger partial charge in [0.1, 0.15) is 5.76 Å². The lowest BCUT2D eigenvalue weighted by atomic mass is 9.95. The number of benzene rings is 2. The minimum Gasteiger partial charge on any atom is -0.507 e.